The van der Waals surface area contributed by atoms with Crippen LogP contribution in [0.4, 0.5) is 14.5 Å². The molecule has 0 aliphatic carbocycles. The number of ether oxygens (including phenoxy) is 1. The fraction of sp³-hybridized carbons (Fsp3) is 0.100. The Balaban J connectivity index is 1.86. The van der Waals surface area contributed by atoms with Crippen LogP contribution in [0.25, 0.3) is 0 Å². The number of amides is 1. The van der Waals surface area contributed by atoms with Crippen molar-refractivity contribution in [2.75, 3.05) is 5.32 Å². The smallest absolute Gasteiger partial charge is 0.255 e. The number of aromatic nitrogens is 1. The second-order valence-electron chi connectivity index (χ2n) is 5.74. The summed E-state index contributed by atoms with van der Waals surface area (Å²) in [6.45, 7) is 3.89. The maximum absolute atomic E-state index is 13.3. The Bertz CT molecular complexity index is 974. The molecule has 3 rings (SSSR count). The molecule has 4 nitrogen and oxygen atoms in total. The lowest BCUT2D eigenvalue weighted by Crippen LogP contribution is -2.13. The van der Waals surface area contributed by atoms with Gasteiger partial charge < -0.3 is 10.1 Å². The van der Waals surface area contributed by atoms with Gasteiger partial charge in [-0.25, -0.2) is 13.8 Å². The lowest BCUT2D eigenvalue weighted by atomic mass is 10.1. The highest BCUT2D eigenvalue weighted by atomic mass is 19.2. The van der Waals surface area contributed by atoms with Crippen molar-refractivity contribution in [1.82, 2.24) is 4.98 Å². The van der Waals surface area contributed by atoms with Crippen molar-refractivity contribution >= 4 is 11.6 Å². The first-order valence-electron chi connectivity index (χ1n) is 7.91. The zero-order valence-corrected chi connectivity index (χ0v) is 14.2. The van der Waals surface area contributed by atoms with Crippen LogP contribution in [-0.2, 0) is 0 Å². The minimum Gasteiger partial charge on any atom is -0.437 e. The van der Waals surface area contributed by atoms with Gasteiger partial charge in [-0.05, 0) is 61.4 Å². The van der Waals surface area contributed by atoms with Gasteiger partial charge in [0, 0.05) is 11.8 Å². The number of benzene rings is 2. The third kappa shape index (κ3) is 3.69. The topological polar surface area (TPSA) is 51.2 Å². The molecule has 26 heavy (non-hydrogen) atoms. The summed E-state index contributed by atoms with van der Waals surface area (Å²) in [5, 5.41) is 2.61. The normalized spacial score (nSPS) is 10.5. The Kier molecular flexibility index (Phi) is 4.93. The van der Waals surface area contributed by atoms with Crippen LogP contribution >= 0.6 is 0 Å². The maximum Gasteiger partial charge on any atom is 0.255 e. The molecule has 1 heterocycles. The van der Waals surface area contributed by atoms with E-state index in [1.54, 1.807) is 18.2 Å². The SMILES string of the molecule is Cc1cccc(Oc2ncccc2NC(=O)c2ccc(F)c(F)c2)c1C. The fourth-order valence-corrected chi connectivity index (χ4v) is 2.34. The molecular weight excluding hydrogens is 338 g/mol. The molecule has 0 radical (unpaired) electrons. The van der Waals surface area contributed by atoms with Gasteiger partial charge in [0.1, 0.15) is 11.4 Å². The molecule has 1 amide bonds. The average molecular weight is 354 g/mol. The van der Waals surface area contributed by atoms with Crippen LogP contribution in [0, 0.1) is 25.5 Å². The summed E-state index contributed by atoms with van der Waals surface area (Å²) in [6, 6.07) is 11.8. The van der Waals surface area contributed by atoms with E-state index in [9.17, 15) is 13.6 Å². The maximum atomic E-state index is 13.3. The predicted octanol–water partition coefficient (Wildman–Crippen LogP) is 5.02. The molecule has 0 bridgehead atoms. The number of halogens is 2. The largest absolute Gasteiger partial charge is 0.437 e. The van der Waals surface area contributed by atoms with E-state index in [1.165, 1.54) is 12.3 Å². The molecule has 0 atom stereocenters. The Labute approximate surface area is 149 Å². The number of anilines is 1. The van der Waals surface area contributed by atoms with Crippen molar-refractivity contribution in [2.45, 2.75) is 13.8 Å². The van der Waals surface area contributed by atoms with E-state index < -0.39 is 17.5 Å². The standard InChI is InChI=1S/C20H16F2N2O2/c1-12-5-3-7-18(13(12)2)26-20-17(6-4-10-23-20)24-19(25)14-8-9-15(21)16(22)11-14/h3-11H,1-2H3,(H,24,25). The first kappa shape index (κ1) is 17.5. The van der Waals surface area contributed by atoms with Gasteiger partial charge in [0.05, 0.1) is 0 Å². The highest BCUT2D eigenvalue weighted by Gasteiger charge is 2.14. The first-order valence-corrected chi connectivity index (χ1v) is 7.91. The van der Waals surface area contributed by atoms with Crippen molar-refractivity contribution in [3.8, 4) is 11.6 Å². The predicted molar refractivity (Wildman–Crippen MR) is 94.5 cm³/mol. The van der Waals surface area contributed by atoms with E-state index in [4.69, 9.17) is 4.74 Å². The molecular formula is C20H16F2N2O2. The quantitative estimate of drug-likeness (QED) is 0.716. The molecule has 1 aromatic heterocycles. The second kappa shape index (κ2) is 7.31. The van der Waals surface area contributed by atoms with Crippen LogP contribution in [0.15, 0.2) is 54.7 Å². The lowest BCUT2D eigenvalue weighted by Gasteiger charge is -2.13. The van der Waals surface area contributed by atoms with Crippen LogP contribution in [0.5, 0.6) is 11.6 Å². The number of hydrogen-bond donors (Lipinski definition) is 1. The Morgan fingerprint density at radius 1 is 1.04 bits per heavy atom. The summed E-state index contributed by atoms with van der Waals surface area (Å²) in [5.41, 5.74) is 2.33. The molecule has 2 aromatic carbocycles. The Morgan fingerprint density at radius 3 is 2.62 bits per heavy atom. The van der Waals surface area contributed by atoms with Crippen molar-refractivity contribution < 1.29 is 18.3 Å². The third-order valence-electron chi connectivity index (χ3n) is 3.96. The van der Waals surface area contributed by atoms with Gasteiger partial charge in [0.2, 0.25) is 5.88 Å². The number of hydrogen-bond acceptors (Lipinski definition) is 3. The van der Waals surface area contributed by atoms with Crippen molar-refractivity contribution in [2.24, 2.45) is 0 Å². The van der Waals surface area contributed by atoms with E-state index in [1.807, 2.05) is 26.0 Å². The summed E-state index contributed by atoms with van der Waals surface area (Å²) >= 11 is 0. The van der Waals surface area contributed by atoms with Gasteiger partial charge in [0.25, 0.3) is 5.91 Å². The number of nitrogens with one attached hydrogen (secondary N) is 1. The number of rotatable bonds is 4. The van der Waals surface area contributed by atoms with Crippen molar-refractivity contribution in [3.05, 3.63) is 83.1 Å². The molecule has 6 heteroatoms. The third-order valence-corrected chi connectivity index (χ3v) is 3.96. The monoisotopic (exact) mass is 354 g/mol. The molecule has 0 saturated heterocycles. The van der Waals surface area contributed by atoms with E-state index in [2.05, 4.69) is 10.3 Å². The van der Waals surface area contributed by atoms with E-state index in [-0.39, 0.29) is 11.4 Å². The van der Waals surface area contributed by atoms with E-state index in [0.717, 1.165) is 23.3 Å². The summed E-state index contributed by atoms with van der Waals surface area (Å²) in [6.07, 6.45) is 1.54. The van der Waals surface area contributed by atoms with Gasteiger partial charge in [-0.15, -0.1) is 0 Å². The van der Waals surface area contributed by atoms with Crippen LogP contribution in [0.1, 0.15) is 21.5 Å². The summed E-state index contributed by atoms with van der Waals surface area (Å²) in [4.78, 5) is 16.5. The molecule has 0 fully saturated rings. The van der Waals surface area contributed by atoms with Crippen LogP contribution < -0.4 is 10.1 Å². The van der Waals surface area contributed by atoms with Crippen LogP contribution in [0.3, 0.4) is 0 Å². The zero-order valence-electron chi connectivity index (χ0n) is 14.2. The van der Waals surface area contributed by atoms with Crippen molar-refractivity contribution in [3.63, 3.8) is 0 Å². The highest BCUT2D eigenvalue weighted by Crippen LogP contribution is 2.30. The van der Waals surface area contributed by atoms with Crippen molar-refractivity contribution in [1.29, 1.82) is 0 Å². The minimum absolute atomic E-state index is 0.00885. The molecule has 0 saturated carbocycles. The molecule has 0 unspecified atom stereocenters. The number of carbonyl (C=O) groups excluding carboxylic acids is 1. The molecule has 1 N–H and O–H groups in total. The van der Waals surface area contributed by atoms with Gasteiger partial charge in [0.15, 0.2) is 11.6 Å². The van der Waals surface area contributed by atoms with E-state index in [0.29, 0.717) is 11.4 Å². The number of nitrogens with zero attached hydrogens (tertiary/aromatic N) is 1. The molecule has 0 aliphatic heterocycles. The van der Waals surface area contributed by atoms with Crippen LogP contribution in [0.2, 0.25) is 0 Å². The molecule has 132 valence electrons. The number of carbonyl (C=O) groups is 1. The number of pyridine rings is 1. The summed E-state index contributed by atoms with van der Waals surface area (Å²) in [7, 11) is 0. The Hall–Kier alpha value is -3.28. The molecule has 0 spiro atoms. The first-order chi connectivity index (χ1) is 12.5. The highest BCUT2D eigenvalue weighted by molar-refractivity contribution is 6.04. The van der Waals surface area contributed by atoms with Gasteiger partial charge in [-0.3, -0.25) is 4.79 Å². The van der Waals surface area contributed by atoms with Gasteiger partial charge >= 0.3 is 0 Å². The second-order valence-corrected chi connectivity index (χ2v) is 5.74. The minimum atomic E-state index is -1.09. The van der Waals surface area contributed by atoms with Crippen LogP contribution in [-0.4, -0.2) is 10.9 Å². The molecule has 0 aliphatic rings. The molecule has 3 aromatic rings. The van der Waals surface area contributed by atoms with Gasteiger partial charge in [-0.2, -0.15) is 0 Å². The average Bonchev–Trinajstić information content (AvgIpc) is 2.63. The number of aryl methyl sites for hydroxylation is 1. The summed E-state index contributed by atoms with van der Waals surface area (Å²) < 4.78 is 32.2. The summed E-state index contributed by atoms with van der Waals surface area (Å²) in [5.74, 6) is -1.87. The lowest BCUT2D eigenvalue weighted by molar-refractivity contribution is 0.102. The van der Waals surface area contributed by atoms with Gasteiger partial charge in [-0.1, -0.05) is 12.1 Å². The van der Waals surface area contributed by atoms with E-state index >= 15 is 0 Å². The Morgan fingerprint density at radius 2 is 1.85 bits per heavy atom. The fourth-order valence-electron chi connectivity index (χ4n) is 2.34. The zero-order chi connectivity index (χ0) is 18.7.